The van der Waals surface area contributed by atoms with Crippen molar-refractivity contribution in [2.45, 2.75) is 25.8 Å². The van der Waals surface area contributed by atoms with Gasteiger partial charge in [0.05, 0.1) is 10.6 Å². The second-order valence-electron chi connectivity index (χ2n) is 5.00. The van der Waals surface area contributed by atoms with E-state index in [1.54, 1.807) is 6.07 Å². The Hall–Kier alpha value is -1.37. The van der Waals surface area contributed by atoms with E-state index in [1.807, 2.05) is 0 Å². The van der Waals surface area contributed by atoms with Crippen molar-refractivity contribution in [1.29, 1.82) is 0 Å². The fourth-order valence-corrected chi connectivity index (χ4v) is 2.54. The Kier molecular flexibility index (Phi) is 5.17. The van der Waals surface area contributed by atoms with Crippen LogP contribution in [0.3, 0.4) is 0 Å². The predicted molar refractivity (Wildman–Crippen MR) is 79.7 cm³/mol. The van der Waals surface area contributed by atoms with Crippen LogP contribution in [0.1, 0.15) is 30.1 Å². The van der Waals surface area contributed by atoms with Crippen molar-refractivity contribution in [2.24, 2.45) is 5.84 Å². The lowest BCUT2D eigenvalue weighted by atomic mass is 10.2. The van der Waals surface area contributed by atoms with Crippen molar-refractivity contribution in [3.8, 4) is 0 Å². The summed E-state index contributed by atoms with van der Waals surface area (Å²) in [5.41, 5.74) is 2.80. The van der Waals surface area contributed by atoms with Crippen molar-refractivity contribution in [3.05, 3.63) is 22.8 Å². The number of nitrogen functional groups attached to an aromatic ring is 1. The highest BCUT2D eigenvalue weighted by molar-refractivity contribution is 6.33. The van der Waals surface area contributed by atoms with Gasteiger partial charge in [-0.15, -0.1) is 0 Å². The summed E-state index contributed by atoms with van der Waals surface area (Å²) in [6.07, 6.45) is 3.94. The molecule has 4 N–H and O–H groups in total. The molecule has 0 aromatic carbocycles. The van der Waals surface area contributed by atoms with Gasteiger partial charge in [0.15, 0.2) is 5.82 Å². The van der Waals surface area contributed by atoms with Crippen LogP contribution in [0.2, 0.25) is 5.02 Å². The number of amides is 1. The Morgan fingerprint density at radius 2 is 2.25 bits per heavy atom. The van der Waals surface area contributed by atoms with Gasteiger partial charge < -0.3 is 10.7 Å². The smallest absolute Gasteiger partial charge is 0.252 e. The van der Waals surface area contributed by atoms with E-state index < -0.39 is 0 Å². The number of rotatable bonds is 5. The summed E-state index contributed by atoms with van der Waals surface area (Å²) in [5, 5.41) is 3.24. The number of nitrogens with zero attached hydrogens (tertiary/aromatic N) is 2. The Morgan fingerprint density at radius 1 is 1.55 bits per heavy atom. The maximum atomic E-state index is 12.0. The van der Waals surface area contributed by atoms with E-state index >= 15 is 0 Å². The molecule has 110 valence electrons. The number of halogens is 1. The van der Waals surface area contributed by atoms with Gasteiger partial charge in [-0.1, -0.05) is 11.6 Å². The molecule has 0 saturated carbocycles. The zero-order valence-electron chi connectivity index (χ0n) is 11.5. The predicted octanol–water partition coefficient (Wildman–Crippen LogP) is 1.23. The van der Waals surface area contributed by atoms with Crippen LogP contribution in [-0.2, 0) is 0 Å². The number of hydrazine groups is 1. The van der Waals surface area contributed by atoms with Crippen LogP contribution in [0.4, 0.5) is 5.82 Å². The van der Waals surface area contributed by atoms with E-state index in [2.05, 4.69) is 27.6 Å². The third-order valence-electron chi connectivity index (χ3n) is 3.56. The highest BCUT2D eigenvalue weighted by Crippen LogP contribution is 2.19. The molecule has 20 heavy (non-hydrogen) atoms. The van der Waals surface area contributed by atoms with Gasteiger partial charge in [0, 0.05) is 18.8 Å². The molecular formula is C13H20ClN5O. The highest BCUT2D eigenvalue weighted by atomic mass is 35.5. The summed E-state index contributed by atoms with van der Waals surface area (Å²) in [5.74, 6) is 5.43. The minimum atomic E-state index is -0.172. The number of pyridine rings is 1. The van der Waals surface area contributed by atoms with Crippen molar-refractivity contribution in [3.63, 3.8) is 0 Å². The molecule has 1 aliphatic heterocycles. The van der Waals surface area contributed by atoms with Gasteiger partial charge in [0.2, 0.25) is 0 Å². The number of carbonyl (C=O) groups excluding carboxylic acids is 1. The van der Waals surface area contributed by atoms with Crippen molar-refractivity contribution < 1.29 is 4.79 Å². The third-order valence-corrected chi connectivity index (χ3v) is 3.85. The first-order chi connectivity index (χ1) is 9.61. The number of anilines is 1. The molecule has 1 aliphatic rings. The molecular weight excluding hydrogens is 278 g/mol. The maximum absolute atomic E-state index is 12.0. The molecule has 1 saturated heterocycles. The molecule has 0 aliphatic carbocycles. The number of nitrogens with one attached hydrogen (secondary N) is 2. The molecule has 1 fully saturated rings. The summed E-state index contributed by atoms with van der Waals surface area (Å²) in [7, 11) is 0. The van der Waals surface area contributed by atoms with Crippen LogP contribution in [0.5, 0.6) is 0 Å². The molecule has 6 nitrogen and oxygen atoms in total. The van der Waals surface area contributed by atoms with E-state index in [4.69, 9.17) is 17.4 Å². The molecule has 2 heterocycles. The first-order valence-electron chi connectivity index (χ1n) is 6.76. The van der Waals surface area contributed by atoms with Crippen LogP contribution in [0.15, 0.2) is 12.3 Å². The molecule has 1 amide bonds. The summed E-state index contributed by atoms with van der Waals surface area (Å²) in [6, 6.07) is 1.90. The van der Waals surface area contributed by atoms with E-state index in [-0.39, 0.29) is 5.91 Å². The summed E-state index contributed by atoms with van der Waals surface area (Å²) >= 11 is 5.95. The standard InChI is InChI=1S/C13H20ClN5O/c1-9(19-4-2-3-5-19)7-17-13(20)10-6-11(14)12(18-15)16-8-10/h6,8-9H,2-5,7,15H2,1H3,(H,16,18)(H,17,20). The molecule has 1 aromatic heterocycles. The van der Waals surface area contributed by atoms with Gasteiger partial charge >= 0.3 is 0 Å². The zero-order chi connectivity index (χ0) is 14.5. The second kappa shape index (κ2) is 6.88. The van der Waals surface area contributed by atoms with Crippen LogP contribution in [-0.4, -0.2) is 41.5 Å². The SMILES string of the molecule is CC(CNC(=O)c1cnc(NN)c(Cl)c1)N1CCCC1. The van der Waals surface area contributed by atoms with Gasteiger partial charge in [0.25, 0.3) is 5.91 Å². The number of carbonyl (C=O) groups is 1. The maximum Gasteiger partial charge on any atom is 0.252 e. The Labute approximate surface area is 123 Å². The number of hydrogen-bond donors (Lipinski definition) is 3. The fourth-order valence-electron chi connectivity index (χ4n) is 2.32. The molecule has 0 spiro atoms. The van der Waals surface area contributed by atoms with Crippen LogP contribution in [0, 0.1) is 0 Å². The normalized spacial score (nSPS) is 16.9. The Morgan fingerprint density at radius 3 is 2.85 bits per heavy atom. The minimum absolute atomic E-state index is 0.172. The van der Waals surface area contributed by atoms with Crippen LogP contribution in [0.25, 0.3) is 0 Å². The van der Waals surface area contributed by atoms with Crippen molar-refractivity contribution in [2.75, 3.05) is 25.1 Å². The largest absolute Gasteiger partial charge is 0.350 e. The lowest BCUT2D eigenvalue weighted by molar-refractivity contribution is 0.0940. The molecule has 1 unspecified atom stereocenters. The number of hydrogen-bond acceptors (Lipinski definition) is 5. The van der Waals surface area contributed by atoms with Gasteiger partial charge in [-0.3, -0.25) is 9.69 Å². The number of nitrogens with two attached hydrogens (primary N) is 1. The van der Waals surface area contributed by atoms with E-state index in [0.29, 0.717) is 29.0 Å². The lowest BCUT2D eigenvalue weighted by Gasteiger charge is -2.23. The van der Waals surface area contributed by atoms with Crippen molar-refractivity contribution >= 4 is 23.3 Å². The Bertz CT molecular complexity index is 476. The molecule has 1 aromatic rings. The van der Waals surface area contributed by atoms with E-state index in [0.717, 1.165) is 13.1 Å². The average molecular weight is 298 g/mol. The molecule has 2 rings (SSSR count). The molecule has 1 atom stereocenters. The van der Waals surface area contributed by atoms with Crippen LogP contribution >= 0.6 is 11.6 Å². The zero-order valence-corrected chi connectivity index (χ0v) is 12.3. The Balaban J connectivity index is 1.89. The lowest BCUT2D eigenvalue weighted by Crippen LogP contribution is -2.40. The third kappa shape index (κ3) is 3.59. The van der Waals surface area contributed by atoms with Gasteiger partial charge in [-0.05, 0) is 38.9 Å². The summed E-state index contributed by atoms with van der Waals surface area (Å²) in [6.45, 7) is 4.97. The number of aromatic nitrogens is 1. The van der Waals surface area contributed by atoms with Crippen LogP contribution < -0.4 is 16.6 Å². The molecule has 0 bridgehead atoms. The number of likely N-dealkylation sites (tertiary alicyclic amines) is 1. The van der Waals surface area contributed by atoms with E-state index in [1.165, 1.54) is 19.0 Å². The second-order valence-corrected chi connectivity index (χ2v) is 5.41. The fraction of sp³-hybridized carbons (Fsp3) is 0.538. The highest BCUT2D eigenvalue weighted by Gasteiger charge is 2.18. The first kappa shape index (κ1) is 15.0. The average Bonchev–Trinajstić information content (AvgIpc) is 2.98. The van der Waals surface area contributed by atoms with Gasteiger partial charge in [0.1, 0.15) is 0 Å². The first-order valence-corrected chi connectivity index (χ1v) is 7.14. The van der Waals surface area contributed by atoms with Gasteiger partial charge in [-0.25, -0.2) is 10.8 Å². The minimum Gasteiger partial charge on any atom is -0.350 e. The quantitative estimate of drug-likeness (QED) is 0.562. The summed E-state index contributed by atoms with van der Waals surface area (Å²) < 4.78 is 0. The van der Waals surface area contributed by atoms with Gasteiger partial charge in [-0.2, -0.15) is 0 Å². The van der Waals surface area contributed by atoms with Crippen molar-refractivity contribution in [1.82, 2.24) is 15.2 Å². The monoisotopic (exact) mass is 297 g/mol. The summed E-state index contributed by atoms with van der Waals surface area (Å²) in [4.78, 5) is 18.4. The van der Waals surface area contributed by atoms with E-state index in [9.17, 15) is 4.79 Å². The topological polar surface area (TPSA) is 83.3 Å². The molecule has 7 heteroatoms. The molecule has 0 radical (unpaired) electrons.